The molecular formula is C45H28N4O. The van der Waals surface area contributed by atoms with E-state index in [0.29, 0.717) is 17.5 Å². The van der Waals surface area contributed by atoms with E-state index in [1.54, 1.807) is 0 Å². The number of benzene rings is 7. The average Bonchev–Trinajstić information content (AvgIpc) is 3.74. The lowest BCUT2D eigenvalue weighted by Crippen LogP contribution is -2.00. The topological polar surface area (TPSA) is 56.7 Å². The molecule has 0 aliphatic heterocycles. The molecule has 0 saturated carbocycles. The fourth-order valence-corrected chi connectivity index (χ4v) is 7.14. The largest absolute Gasteiger partial charge is 0.456 e. The van der Waals surface area contributed by atoms with Gasteiger partial charge in [-0.1, -0.05) is 133 Å². The number of hydrogen-bond acceptors (Lipinski definition) is 4. The Morgan fingerprint density at radius 1 is 0.380 bits per heavy atom. The smallest absolute Gasteiger partial charge is 0.164 e. The number of fused-ring (bicyclic) bond motifs is 6. The molecule has 0 amide bonds. The summed E-state index contributed by atoms with van der Waals surface area (Å²) in [5, 5.41) is 4.56. The summed E-state index contributed by atoms with van der Waals surface area (Å²) in [5.41, 5.74) is 9.92. The van der Waals surface area contributed by atoms with Crippen LogP contribution in [-0.2, 0) is 0 Å². The van der Waals surface area contributed by atoms with Crippen LogP contribution in [0.2, 0.25) is 0 Å². The summed E-state index contributed by atoms with van der Waals surface area (Å²) in [6, 6.07) is 58.6. The summed E-state index contributed by atoms with van der Waals surface area (Å²) >= 11 is 0. The molecule has 0 saturated heterocycles. The lowest BCUT2D eigenvalue weighted by Gasteiger charge is -2.12. The van der Waals surface area contributed by atoms with Crippen molar-refractivity contribution in [2.45, 2.75) is 0 Å². The highest BCUT2D eigenvalue weighted by molar-refractivity contribution is 6.15. The van der Waals surface area contributed by atoms with E-state index in [-0.39, 0.29) is 0 Å². The molecule has 0 N–H and O–H groups in total. The van der Waals surface area contributed by atoms with E-state index in [1.165, 1.54) is 10.8 Å². The van der Waals surface area contributed by atoms with Gasteiger partial charge < -0.3 is 8.98 Å². The number of rotatable bonds is 5. The molecule has 0 radical (unpaired) electrons. The van der Waals surface area contributed by atoms with E-state index in [0.717, 1.165) is 66.5 Å². The van der Waals surface area contributed by atoms with Crippen LogP contribution < -0.4 is 0 Å². The van der Waals surface area contributed by atoms with Crippen molar-refractivity contribution in [2.75, 3.05) is 0 Å². The molecule has 0 fully saturated rings. The van der Waals surface area contributed by atoms with Gasteiger partial charge in [-0.05, 0) is 41.5 Å². The number of hydrogen-bond donors (Lipinski definition) is 0. The Labute approximate surface area is 287 Å². The number of para-hydroxylation sites is 2. The third-order valence-electron chi connectivity index (χ3n) is 9.44. The molecule has 5 nitrogen and oxygen atoms in total. The molecule has 50 heavy (non-hydrogen) atoms. The van der Waals surface area contributed by atoms with Crippen molar-refractivity contribution < 1.29 is 4.42 Å². The fraction of sp³-hybridized carbons (Fsp3) is 0. The Bertz CT molecular complexity index is 2750. The van der Waals surface area contributed by atoms with E-state index < -0.39 is 0 Å². The van der Waals surface area contributed by atoms with Gasteiger partial charge >= 0.3 is 0 Å². The van der Waals surface area contributed by atoms with Gasteiger partial charge in [0.25, 0.3) is 0 Å². The number of nitrogens with zero attached hydrogens (tertiary/aromatic N) is 4. The van der Waals surface area contributed by atoms with Crippen LogP contribution in [0.25, 0.3) is 94.7 Å². The number of aromatic nitrogens is 4. The van der Waals surface area contributed by atoms with Crippen LogP contribution in [0, 0.1) is 0 Å². The van der Waals surface area contributed by atoms with Crippen LogP contribution in [0.5, 0.6) is 0 Å². The Kier molecular flexibility index (Phi) is 6.42. The predicted molar refractivity (Wildman–Crippen MR) is 203 cm³/mol. The Morgan fingerprint density at radius 2 is 0.880 bits per heavy atom. The Hall–Kier alpha value is -6.85. The Morgan fingerprint density at radius 3 is 1.46 bits per heavy atom. The molecule has 0 atom stereocenters. The van der Waals surface area contributed by atoms with Gasteiger partial charge in [-0.3, -0.25) is 0 Å². The molecule has 10 aromatic rings. The molecule has 10 rings (SSSR count). The van der Waals surface area contributed by atoms with Gasteiger partial charge in [0, 0.05) is 44.3 Å². The van der Waals surface area contributed by atoms with Crippen molar-refractivity contribution in [3.8, 4) is 51.0 Å². The Balaban J connectivity index is 1.20. The summed E-state index contributed by atoms with van der Waals surface area (Å²) in [6.45, 7) is 0. The van der Waals surface area contributed by atoms with Crippen molar-refractivity contribution in [3.63, 3.8) is 0 Å². The predicted octanol–water partition coefficient (Wildman–Crippen LogP) is 11.5. The van der Waals surface area contributed by atoms with E-state index >= 15 is 0 Å². The third-order valence-corrected chi connectivity index (χ3v) is 9.44. The van der Waals surface area contributed by atoms with Gasteiger partial charge in [0.15, 0.2) is 17.5 Å². The zero-order valence-electron chi connectivity index (χ0n) is 26.9. The second-order valence-electron chi connectivity index (χ2n) is 12.5. The van der Waals surface area contributed by atoms with Crippen LogP contribution in [0.15, 0.2) is 174 Å². The first kappa shape index (κ1) is 28.2. The molecule has 3 aromatic heterocycles. The molecule has 5 heteroatoms. The minimum Gasteiger partial charge on any atom is -0.456 e. The van der Waals surface area contributed by atoms with Gasteiger partial charge in [-0.15, -0.1) is 0 Å². The van der Waals surface area contributed by atoms with Crippen LogP contribution in [0.3, 0.4) is 0 Å². The molecule has 0 aliphatic carbocycles. The molecule has 0 bridgehead atoms. The van der Waals surface area contributed by atoms with Gasteiger partial charge in [-0.25, -0.2) is 15.0 Å². The summed E-state index contributed by atoms with van der Waals surface area (Å²) in [4.78, 5) is 14.8. The maximum absolute atomic E-state index is 6.78. The van der Waals surface area contributed by atoms with Crippen molar-refractivity contribution in [1.82, 2.24) is 19.5 Å². The zero-order valence-corrected chi connectivity index (χ0v) is 26.9. The van der Waals surface area contributed by atoms with E-state index in [4.69, 9.17) is 19.4 Å². The maximum atomic E-state index is 6.78. The molecule has 0 spiro atoms. The highest BCUT2D eigenvalue weighted by atomic mass is 16.3. The minimum atomic E-state index is 0.592. The molecule has 0 unspecified atom stereocenters. The summed E-state index contributed by atoms with van der Waals surface area (Å²) in [6.07, 6.45) is 0. The first-order chi connectivity index (χ1) is 24.8. The van der Waals surface area contributed by atoms with Crippen molar-refractivity contribution in [3.05, 3.63) is 170 Å². The SMILES string of the molecule is c1ccc(-c2nc(-c3ccccc3)nc(-c3ccc4c(c3)oc3cc(-n5c6ccccc6c6ccccc65)cc(-c5ccccc5)c34)n2)cc1. The van der Waals surface area contributed by atoms with Crippen LogP contribution >= 0.6 is 0 Å². The quantitative estimate of drug-likeness (QED) is 0.188. The third kappa shape index (κ3) is 4.60. The second kappa shape index (κ2) is 11.4. The summed E-state index contributed by atoms with van der Waals surface area (Å²) in [5.74, 6) is 1.84. The van der Waals surface area contributed by atoms with Gasteiger partial charge in [-0.2, -0.15) is 0 Å². The number of furan rings is 1. The average molecular weight is 641 g/mol. The highest BCUT2D eigenvalue weighted by Gasteiger charge is 2.20. The molecule has 234 valence electrons. The van der Waals surface area contributed by atoms with Gasteiger partial charge in [0.05, 0.1) is 16.7 Å². The normalized spacial score (nSPS) is 11.6. The molecule has 7 aromatic carbocycles. The first-order valence-electron chi connectivity index (χ1n) is 16.7. The van der Waals surface area contributed by atoms with E-state index in [1.807, 2.05) is 60.7 Å². The fourth-order valence-electron chi connectivity index (χ4n) is 7.14. The molecule has 3 heterocycles. The lowest BCUT2D eigenvalue weighted by molar-refractivity contribution is 0.669. The maximum Gasteiger partial charge on any atom is 0.164 e. The van der Waals surface area contributed by atoms with Gasteiger partial charge in [0.2, 0.25) is 0 Å². The minimum absolute atomic E-state index is 0.592. The van der Waals surface area contributed by atoms with Crippen LogP contribution in [0.1, 0.15) is 0 Å². The van der Waals surface area contributed by atoms with Crippen molar-refractivity contribution >= 4 is 43.7 Å². The van der Waals surface area contributed by atoms with Crippen molar-refractivity contribution in [2.24, 2.45) is 0 Å². The summed E-state index contributed by atoms with van der Waals surface area (Å²) < 4.78 is 9.13. The second-order valence-corrected chi connectivity index (χ2v) is 12.5. The first-order valence-corrected chi connectivity index (χ1v) is 16.7. The lowest BCUT2D eigenvalue weighted by atomic mass is 9.98. The summed E-state index contributed by atoms with van der Waals surface area (Å²) in [7, 11) is 0. The van der Waals surface area contributed by atoms with Crippen LogP contribution in [-0.4, -0.2) is 19.5 Å². The van der Waals surface area contributed by atoms with E-state index in [2.05, 4.69) is 114 Å². The van der Waals surface area contributed by atoms with Gasteiger partial charge in [0.1, 0.15) is 11.2 Å². The zero-order chi connectivity index (χ0) is 33.0. The van der Waals surface area contributed by atoms with Crippen molar-refractivity contribution in [1.29, 1.82) is 0 Å². The highest BCUT2D eigenvalue weighted by Crippen LogP contribution is 2.41. The standard InChI is InChI=1S/C45H28N4O/c1-4-14-29(15-5-1)37-27-33(49-38-22-12-10-20-34(38)35-21-11-13-23-39(35)49)28-41-42(37)36-25-24-32(26-40(36)50-41)45-47-43(30-16-6-2-7-17-30)46-44(48-45)31-18-8-3-9-19-31/h1-28H. The molecule has 0 aliphatic rings. The monoisotopic (exact) mass is 640 g/mol. The van der Waals surface area contributed by atoms with Crippen LogP contribution in [0.4, 0.5) is 0 Å². The molecular weight excluding hydrogens is 613 g/mol. The van der Waals surface area contributed by atoms with E-state index in [9.17, 15) is 0 Å².